The van der Waals surface area contributed by atoms with E-state index in [1.54, 1.807) is 29.2 Å². The van der Waals surface area contributed by atoms with E-state index in [1.165, 1.54) is 0 Å². The smallest absolute Gasteiger partial charge is 0.411 e. The summed E-state index contributed by atoms with van der Waals surface area (Å²) in [5.74, 6) is 5.95. The SMILES string of the molecule is CC#CCC.CCN(CC)C(=O)OP.Oc1ccccc1. The molecule has 1 unspecified atom stereocenters. The normalized spacial score (nSPS) is 7.86. The molecule has 0 aliphatic rings. The molecule has 0 radical (unpaired) electrons. The third-order valence-electron chi connectivity index (χ3n) is 2.23. The first-order chi connectivity index (χ1) is 10.1. The summed E-state index contributed by atoms with van der Waals surface area (Å²) in [6, 6.07) is 8.71. The molecule has 1 amide bonds. The number of hydrogen-bond donors (Lipinski definition) is 1. The molecule has 0 bridgehead atoms. The van der Waals surface area contributed by atoms with Crippen molar-refractivity contribution in [3.05, 3.63) is 30.3 Å². The number of rotatable bonds is 2. The van der Waals surface area contributed by atoms with Crippen LogP contribution in [0.1, 0.15) is 34.1 Å². The zero-order chi connectivity index (χ0) is 16.5. The quantitative estimate of drug-likeness (QED) is 0.661. The fourth-order valence-electron chi connectivity index (χ4n) is 1.16. The van der Waals surface area contributed by atoms with Crippen LogP contribution < -0.4 is 0 Å². The van der Waals surface area contributed by atoms with E-state index in [-0.39, 0.29) is 6.09 Å². The average Bonchev–Trinajstić information content (AvgIpc) is 2.51. The van der Waals surface area contributed by atoms with E-state index in [9.17, 15) is 4.79 Å². The van der Waals surface area contributed by atoms with E-state index < -0.39 is 0 Å². The molecule has 1 atom stereocenters. The van der Waals surface area contributed by atoms with E-state index in [0.717, 1.165) is 6.42 Å². The van der Waals surface area contributed by atoms with Crippen LogP contribution in [0.25, 0.3) is 0 Å². The first kappa shape index (κ1) is 21.6. The van der Waals surface area contributed by atoms with Gasteiger partial charge in [-0.2, -0.15) is 0 Å². The van der Waals surface area contributed by atoms with Crippen LogP contribution >= 0.6 is 9.47 Å². The number of benzene rings is 1. The lowest BCUT2D eigenvalue weighted by Crippen LogP contribution is -2.28. The van der Waals surface area contributed by atoms with Crippen molar-refractivity contribution >= 4 is 15.6 Å². The fraction of sp³-hybridized carbons (Fsp3) is 0.438. The number of phenolic OH excluding ortho intramolecular Hbond substituents is 1. The lowest BCUT2D eigenvalue weighted by atomic mass is 10.3. The van der Waals surface area contributed by atoms with Gasteiger partial charge in [-0.15, -0.1) is 11.8 Å². The molecular formula is C16H26NO3P. The van der Waals surface area contributed by atoms with Gasteiger partial charge in [-0.1, -0.05) is 25.1 Å². The average molecular weight is 311 g/mol. The molecule has 0 spiro atoms. The number of aromatic hydroxyl groups is 1. The molecule has 0 aromatic heterocycles. The van der Waals surface area contributed by atoms with Crippen LogP contribution in [0.3, 0.4) is 0 Å². The van der Waals surface area contributed by atoms with E-state index >= 15 is 0 Å². The van der Waals surface area contributed by atoms with E-state index in [0.29, 0.717) is 18.8 Å². The van der Waals surface area contributed by atoms with Gasteiger partial charge in [0.25, 0.3) is 0 Å². The first-order valence-corrected chi connectivity index (χ1v) is 7.33. The minimum atomic E-state index is -0.287. The number of para-hydroxylation sites is 1. The summed E-state index contributed by atoms with van der Waals surface area (Å²) in [7, 11) is 1.93. The fourth-order valence-corrected chi connectivity index (χ4v) is 1.31. The monoisotopic (exact) mass is 311 g/mol. The van der Waals surface area contributed by atoms with Crippen LogP contribution in [0.15, 0.2) is 30.3 Å². The highest BCUT2D eigenvalue weighted by molar-refractivity contribution is 7.10. The van der Waals surface area contributed by atoms with Crippen LogP contribution in [-0.4, -0.2) is 29.2 Å². The molecule has 0 saturated carbocycles. The lowest BCUT2D eigenvalue weighted by molar-refractivity contribution is 0.165. The van der Waals surface area contributed by atoms with Crippen molar-refractivity contribution < 1.29 is 14.4 Å². The molecule has 21 heavy (non-hydrogen) atoms. The molecule has 1 rings (SSSR count). The number of carbonyl (C=O) groups excluding carboxylic acids is 1. The molecule has 1 aromatic carbocycles. The molecule has 0 saturated heterocycles. The van der Waals surface area contributed by atoms with Crippen molar-refractivity contribution in [3.63, 3.8) is 0 Å². The molecule has 1 N–H and O–H groups in total. The van der Waals surface area contributed by atoms with Crippen molar-refractivity contribution in [2.24, 2.45) is 0 Å². The summed E-state index contributed by atoms with van der Waals surface area (Å²) in [4.78, 5) is 12.2. The zero-order valence-corrected chi connectivity index (χ0v) is 14.5. The van der Waals surface area contributed by atoms with Crippen molar-refractivity contribution in [2.75, 3.05) is 13.1 Å². The Kier molecular flexibility index (Phi) is 16.8. The number of phenols is 1. The third-order valence-corrected chi connectivity index (χ3v) is 2.43. The van der Waals surface area contributed by atoms with Gasteiger partial charge in [0.05, 0.1) is 9.47 Å². The highest BCUT2D eigenvalue weighted by Gasteiger charge is 2.06. The highest BCUT2D eigenvalue weighted by Crippen LogP contribution is 2.02. The summed E-state index contributed by atoms with van der Waals surface area (Å²) in [6.45, 7) is 9.10. The Balaban J connectivity index is 0. The molecule has 118 valence electrons. The van der Waals surface area contributed by atoms with Gasteiger partial charge in [-0.3, -0.25) is 0 Å². The molecule has 0 aliphatic carbocycles. The zero-order valence-electron chi connectivity index (χ0n) is 13.3. The molecule has 1 aromatic rings. The maximum atomic E-state index is 10.7. The predicted molar refractivity (Wildman–Crippen MR) is 91.0 cm³/mol. The Morgan fingerprint density at radius 2 is 1.76 bits per heavy atom. The molecule has 0 aliphatic heterocycles. The second-order valence-electron chi connectivity index (χ2n) is 3.67. The van der Waals surface area contributed by atoms with Crippen LogP contribution in [-0.2, 0) is 4.52 Å². The number of nitrogens with zero attached hydrogens (tertiary/aromatic N) is 1. The highest BCUT2D eigenvalue weighted by atomic mass is 31.0. The summed E-state index contributed by atoms with van der Waals surface area (Å²) in [6.07, 6.45) is 0.696. The maximum Gasteiger partial charge on any atom is 0.411 e. The van der Waals surface area contributed by atoms with E-state index in [4.69, 9.17) is 5.11 Å². The Hall–Kier alpha value is -1.72. The second kappa shape index (κ2) is 16.3. The molecule has 0 fully saturated rings. The van der Waals surface area contributed by atoms with Gasteiger partial charge < -0.3 is 14.5 Å². The predicted octanol–water partition coefficient (Wildman–Crippen LogP) is 4.07. The van der Waals surface area contributed by atoms with Crippen LogP contribution in [0.5, 0.6) is 5.75 Å². The molecular weight excluding hydrogens is 285 g/mol. The Labute approximate surface area is 130 Å². The summed E-state index contributed by atoms with van der Waals surface area (Å²) in [5, 5.41) is 8.63. The number of amides is 1. The Morgan fingerprint density at radius 3 is 1.90 bits per heavy atom. The third kappa shape index (κ3) is 14.5. The largest absolute Gasteiger partial charge is 0.508 e. The second-order valence-corrected chi connectivity index (χ2v) is 3.91. The minimum absolute atomic E-state index is 0.287. The molecule has 4 nitrogen and oxygen atoms in total. The van der Waals surface area contributed by atoms with Crippen molar-refractivity contribution in [2.45, 2.75) is 34.1 Å². The van der Waals surface area contributed by atoms with Gasteiger partial charge in [0.15, 0.2) is 0 Å². The van der Waals surface area contributed by atoms with Crippen molar-refractivity contribution in [1.29, 1.82) is 0 Å². The van der Waals surface area contributed by atoms with Crippen LogP contribution in [0.4, 0.5) is 4.79 Å². The van der Waals surface area contributed by atoms with Gasteiger partial charge in [-0.05, 0) is 32.9 Å². The summed E-state index contributed by atoms with van der Waals surface area (Å²) >= 11 is 0. The van der Waals surface area contributed by atoms with Gasteiger partial charge in [-0.25, -0.2) is 4.79 Å². The van der Waals surface area contributed by atoms with Crippen molar-refractivity contribution in [1.82, 2.24) is 4.90 Å². The van der Waals surface area contributed by atoms with Gasteiger partial charge in [0.2, 0.25) is 0 Å². The summed E-state index contributed by atoms with van der Waals surface area (Å²) in [5.41, 5.74) is 0. The van der Waals surface area contributed by atoms with Crippen LogP contribution in [0.2, 0.25) is 0 Å². The Morgan fingerprint density at radius 1 is 1.24 bits per heavy atom. The van der Waals surface area contributed by atoms with E-state index in [2.05, 4.69) is 16.4 Å². The van der Waals surface area contributed by atoms with Crippen LogP contribution in [0, 0.1) is 11.8 Å². The van der Waals surface area contributed by atoms with E-state index in [1.807, 2.05) is 43.2 Å². The molecule has 5 heteroatoms. The van der Waals surface area contributed by atoms with Crippen molar-refractivity contribution in [3.8, 4) is 17.6 Å². The standard InChI is InChI=1S/C6H6O.C5H12NO2P.C5H8/c7-6-4-2-1-3-5-6;1-3-6(4-2)5(7)8-9;1-3-5-4-2/h1-5,7H;3-4,9H2,1-2H3;3H2,1-2H3. The lowest BCUT2D eigenvalue weighted by Gasteiger charge is -2.15. The van der Waals surface area contributed by atoms with Gasteiger partial charge in [0.1, 0.15) is 5.75 Å². The summed E-state index contributed by atoms with van der Waals surface area (Å²) < 4.78 is 4.40. The first-order valence-electron chi connectivity index (χ1n) is 6.86. The Bertz CT molecular complexity index is 409. The maximum absolute atomic E-state index is 10.7. The number of hydrogen-bond acceptors (Lipinski definition) is 3. The van der Waals surface area contributed by atoms with Gasteiger partial charge in [0, 0.05) is 19.5 Å². The molecule has 0 heterocycles. The van der Waals surface area contributed by atoms with Gasteiger partial charge >= 0.3 is 6.09 Å². The topological polar surface area (TPSA) is 49.8 Å². The number of carbonyl (C=O) groups is 1. The minimum Gasteiger partial charge on any atom is -0.508 e.